The minimum Gasteiger partial charge on any atom is -0.393 e. The van der Waals surface area contributed by atoms with Crippen LogP contribution >= 0.6 is 11.3 Å². The van der Waals surface area contributed by atoms with E-state index in [4.69, 9.17) is 5.73 Å². The van der Waals surface area contributed by atoms with Crippen molar-refractivity contribution in [2.75, 3.05) is 35.6 Å². The average Bonchev–Trinajstić information content (AvgIpc) is 3.13. The van der Waals surface area contributed by atoms with Crippen LogP contribution < -0.4 is 16.0 Å². The topological polar surface area (TPSA) is 67.1 Å². The molecule has 0 bridgehead atoms. The second-order valence-electron chi connectivity index (χ2n) is 4.91. The Morgan fingerprint density at radius 3 is 2.90 bits per heavy atom. The maximum atomic E-state index is 6.20. The van der Waals surface area contributed by atoms with Crippen LogP contribution in [-0.2, 0) is 6.42 Å². The first-order valence-electron chi connectivity index (χ1n) is 6.96. The Morgan fingerprint density at radius 1 is 1.30 bits per heavy atom. The average molecular weight is 289 g/mol. The highest BCUT2D eigenvalue weighted by atomic mass is 32.1. The van der Waals surface area contributed by atoms with Crippen molar-refractivity contribution in [3.8, 4) is 0 Å². The van der Waals surface area contributed by atoms with Gasteiger partial charge in [0, 0.05) is 24.5 Å². The minimum absolute atomic E-state index is 0.667. The molecule has 6 heteroatoms. The van der Waals surface area contributed by atoms with Gasteiger partial charge in [-0.2, -0.15) is 0 Å². The molecule has 106 valence electrons. The van der Waals surface area contributed by atoms with Gasteiger partial charge < -0.3 is 16.0 Å². The lowest BCUT2D eigenvalue weighted by molar-refractivity contribution is 0.927. The standard InChI is InChI=1S/C14H19N5S/c15-12-13(16-6-5-11-4-3-9-20-11)17-10-18-14(12)19-7-1-2-8-19/h3-4,9-10H,1-2,5-8,15H2,(H,16,17,18). The van der Waals surface area contributed by atoms with Gasteiger partial charge in [0.1, 0.15) is 12.0 Å². The van der Waals surface area contributed by atoms with Crippen LogP contribution in [0.4, 0.5) is 17.3 Å². The summed E-state index contributed by atoms with van der Waals surface area (Å²) < 4.78 is 0. The number of thiophene rings is 1. The predicted molar refractivity (Wildman–Crippen MR) is 84.4 cm³/mol. The van der Waals surface area contributed by atoms with Crippen molar-refractivity contribution < 1.29 is 0 Å². The number of aromatic nitrogens is 2. The summed E-state index contributed by atoms with van der Waals surface area (Å²) in [5.41, 5.74) is 6.86. The van der Waals surface area contributed by atoms with Crippen molar-refractivity contribution >= 4 is 28.7 Å². The molecule has 0 radical (unpaired) electrons. The molecular weight excluding hydrogens is 270 g/mol. The van der Waals surface area contributed by atoms with Crippen molar-refractivity contribution in [3.63, 3.8) is 0 Å². The molecule has 1 fully saturated rings. The van der Waals surface area contributed by atoms with Crippen LogP contribution in [0, 0.1) is 0 Å². The third kappa shape index (κ3) is 2.85. The molecule has 1 aliphatic heterocycles. The number of rotatable bonds is 5. The molecule has 2 aromatic heterocycles. The fraction of sp³-hybridized carbons (Fsp3) is 0.429. The number of nitrogens with zero attached hydrogens (tertiary/aromatic N) is 3. The monoisotopic (exact) mass is 289 g/mol. The molecule has 0 aliphatic carbocycles. The summed E-state index contributed by atoms with van der Waals surface area (Å²) in [6.07, 6.45) is 5.01. The number of nitrogens with one attached hydrogen (secondary N) is 1. The first-order chi connectivity index (χ1) is 9.84. The van der Waals surface area contributed by atoms with E-state index in [1.807, 2.05) is 0 Å². The van der Waals surface area contributed by atoms with Crippen molar-refractivity contribution in [2.45, 2.75) is 19.3 Å². The molecule has 0 atom stereocenters. The lowest BCUT2D eigenvalue weighted by atomic mass is 10.3. The third-order valence-electron chi connectivity index (χ3n) is 3.51. The van der Waals surface area contributed by atoms with Gasteiger partial charge in [0.15, 0.2) is 11.6 Å². The van der Waals surface area contributed by atoms with E-state index in [9.17, 15) is 0 Å². The molecule has 1 saturated heterocycles. The van der Waals surface area contributed by atoms with Gasteiger partial charge in [0.2, 0.25) is 0 Å². The number of hydrogen-bond donors (Lipinski definition) is 2. The van der Waals surface area contributed by atoms with Crippen molar-refractivity contribution in [1.29, 1.82) is 0 Å². The summed E-state index contributed by atoms with van der Waals surface area (Å²) in [6.45, 7) is 2.91. The zero-order valence-corrected chi connectivity index (χ0v) is 12.2. The highest BCUT2D eigenvalue weighted by Gasteiger charge is 2.18. The first kappa shape index (κ1) is 13.2. The Morgan fingerprint density at radius 2 is 2.15 bits per heavy atom. The van der Waals surface area contributed by atoms with Crippen LogP contribution in [0.1, 0.15) is 17.7 Å². The number of hydrogen-bond acceptors (Lipinski definition) is 6. The highest BCUT2D eigenvalue weighted by molar-refractivity contribution is 7.09. The van der Waals surface area contributed by atoms with Gasteiger partial charge in [-0.25, -0.2) is 9.97 Å². The molecule has 3 N–H and O–H groups in total. The fourth-order valence-electron chi connectivity index (χ4n) is 2.47. The largest absolute Gasteiger partial charge is 0.393 e. The van der Waals surface area contributed by atoms with Gasteiger partial charge in [0.05, 0.1) is 0 Å². The Bertz CT molecular complexity index is 549. The van der Waals surface area contributed by atoms with E-state index >= 15 is 0 Å². The second kappa shape index (κ2) is 6.09. The Balaban J connectivity index is 1.65. The molecule has 0 aromatic carbocycles. The van der Waals surface area contributed by atoms with Crippen LogP contribution in [0.25, 0.3) is 0 Å². The molecule has 3 rings (SSSR count). The molecule has 20 heavy (non-hydrogen) atoms. The minimum atomic E-state index is 0.667. The van der Waals surface area contributed by atoms with Crippen LogP contribution in [-0.4, -0.2) is 29.6 Å². The summed E-state index contributed by atoms with van der Waals surface area (Å²) in [5, 5.41) is 5.42. The third-order valence-corrected chi connectivity index (χ3v) is 4.45. The molecular formula is C14H19N5S. The fourth-order valence-corrected chi connectivity index (χ4v) is 3.18. The van der Waals surface area contributed by atoms with Crippen molar-refractivity contribution in [2.24, 2.45) is 0 Å². The summed E-state index contributed by atoms with van der Waals surface area (Å²) >= 11 is 1.77. The molecule has 0 unspecified atom stereocenters. The molecule has 5 nitrogen and oxygen atoms in total. The summed E-state index contributed by atoms with van der Waals surface area (Å²) in [4.78, 5) is 12.2. The van der Waals surface area contributed by atoms with Crippen LogP contribution in [0.3, 0.4) is 0 Å². The van der Waals surface area contributed by atoms with E-state index in [-0.39, 0.29) is 0 Å². The molecule has 1 aliphatic rings. The van der Waals surface area contributed by atoms with E-state index in [0.29, 0.717) is 5.69 Å². The molecule has 0 amide bonds. The Labute approximate surface area is 122 Å². The number of nitrogen functional groups attached to an aromatic ring is 1. The molecule has 0 saturated carbocycles. The van der Waals surface area contributed by atoms with Crippen LogP contribution in [0.5, 0.6) is 0 Å². The quantitative estimate of drug-likeness (QED) is 0.884. The predicted octanol–water partition coefficient (Wildman–Crippen LogP) is 2.38. The Hall–Kier alpha value is -1.82. The Kier molecular flexibility index (Phi) is 4.01. The smallest absolute Gasteiger partial charge is 0.157 e. The summed E-state index contributed by atoms with van der Waals surface area (Å²) in [6, 6.07) is 4.22. The highest BCUT2D eigenvalue weighted by Crippen LogP contribution is 2.28. The van der Waals surface area contributed by atoms with Gasteiger partial charge in [0.25, 0.3) is 0 Å². The van der Waals surface area contributed by atoms with E-state index in [0.717, 1.165) is 37.7 Å². The zero-order valence-electron chi connectivity index (χ0n) is 11.4. The van der Waals surface area contributed by atoms with Gasteiger partial charge in [-0.3, -0.25) is 0 Å². The van der Waals surface area contributed by atoms with Gasteiger partial charge in [-0.15, -0.1) is 11.3 Å². The lowest BCUT2D eigenvalue weighted by Gasteiger charge is -2.19. The zero-order chi connectivity index (χ0) is 13.8. The number of anilines is 3. The van der Waals surface area contributed by atoms with Gasteiger partial charge in [-0.1, -0.05) is 6.07 Å². The SMILES string of the molecule is Nc1c(NCCc2cccs2)ncnc1N1CCCC1. The first-order valence-corrected chi connectivity index (χ1v) is 7.84. The lowest BCUT2D eigenvalue weighted by Crippen LogP contribution is -2.21. The number of nitrogens with two attached hydrogens (primary N) is 1. The van der Waals surface area contributed by atoms with E-state index < -0.39 is 0 Å². The van der Waals surface area contributed by atoms with Crippen molar-refractivity contribution in [1.82, 2.24) is 9.97 Å². The van der Waals surface area contributed by atoms with Crippen LogP contribution in [0.2, 0.25) is 0 Å². The molecule has 0 spiro atoms. The maximum absolute atomic E-state index is 6.20. The van der Waals surface area contributed by atoms with E-state index in [1.54, 1.807) is 17.7 Å². The molecule has 3 heterocycles. The van der Waals surface area contributed by atoms with Gasteiger partial charge >= 0.3 is 0 Å². The van der Waals surface area contributed by atoms with Crippen LogP contribution in [0.15, 0.2) is 23.8 Å². The van der Waals surface area contributed by atoms with E-state index in [2.05, 4.69) is 37.7 Å². The summed E-state index contributed by atoms with van der Waals surface area (Å²) in [5.74, 6) is 1.62. The van der Waals surface area contributed by atoms with Gasteiger partial charge in [-0.05, 0) is 30.7 Å². The summed E-state index contributed by atoms with van der Waals surface area (Å²) in [7, 11) is 0. The normalized spacial score (nSPS) is 14.7. The molecule has 2 aromatic rings. The second-order valence-corrected chi connectivity index (χ2v) is 5.94. The maximum Gasteiger partial charge on any atom is 0.157 e. The van der Waals surface area contributed by atoms with Crippen molar-refractivity contribution in [3.05, 3.63) is 28.7 Å². The van der Waals surface area contributed by atoms with E-state index in [1.165, 1.54) is 17.7 Å².